The molecule has 140 valence electrons. The number of aromatic nitrogens is 2. The molecule has 2 aromatic carbocycles. The van der Waals surface area contributed by atoms with Crippen LogP contribution in [0.15, 0.2) is 54.9 Å². The average molecular weight is 419 g/mol. The molecule has 0 saturated carbocycles. The Labute approximate surface area is 174 Å². The van der Waals surface area contributed by atoms with Crippen molar-refractivity contribution in [2.75, 3.05) is 10.6 Å². The first-order valence-corrected chi connectivity index (χ1v) is 9.71. The molecule has 0 radical (unpaired) electrons. The van der Waals surface area contributed by atoms with Crippen LogP contribution in [-0.4, -0.2) is 14.9 Å². The van der Waals surface area contributed by atoms with Crippen LogP contribution in [-0.2, 0) is 6.54 Å². The summed E-state index contributed by atoms with van der Waals surface area (Å²) in [5.74, 6) is 0.505. The number of nitrogens with zero attached hydrogens (tertiary/aromatic N) is 2. The van der Waals surface area contributed by atoms with Crippen molar-refractivity contribution >= 4 is 51.9 Å². The molecule has 0 bridgehead atoms. The zero-order valence-corrected chi connectivity index (χ0v) is 17.4. The maximum atomic E-state index is 6.06. The van der Waals surface area contributed by atoms with Gasteiger partial charge in [-0.15, -0.1) is 0 Å². The van der Waals surface area contributed by atoms with Crippen LogP contribution in [0.25, 0.3) is 0 Å². The van der Waals surface area contributed by atoms with Gasteiger partial charge in [-0.25, -0.2) is 0 Å². The molecular weight excluding hydrogens is 399 g/mol. The summed E-state index contributed by atoms with van der Waals surface area (Å²) in [4.78, 5) is 0. The highest BCUT2D eigenvalue weighted by Crippen LogP contribution is 2.23. The van der Waals surface area contributed by atoms with Crippen molar-refractivity contribution in [3.63, 3.8) is 0 Å². The first kappa shape index (κ1) is 19.7. The highest BCUT2D eigenvalue weighted by Gasteiger charge is 2.05. The Morgan fingerprint density at radius 3 is 2.41 bits per heavy atom. The molecule has 0 aliphatic rings. The lowest BCUT2D eigenvalue weighted by atomic mass is 10.0. The molecule has 4 nitrogen and oxygen atoms in total. The van der Waals surface area contributed by atoms with Crippen LogP contribution in [0.4, 0.5) is 11.4 Å². The summed E-state index contributed by atoms with van der Waals surface area (Å²) in [7, 11) is 0. The van der Waals surface area contributed by atoms with Crippen LogP contribution in [0.5, 0.6) is 0 Å². The Bertz CT molecular complexity index is 935. The molecule has 1 aromatic heterocycles. The number of benzene rings is 2. The molecule has 0 fully saturated rings. The minimum Gasteiger partial charge on any atom is -0.332 e. The third-order valence-corrected chi connectivity index (χ3v) is 5.00. The second-order valence-corrected chi connectivity index (χ2v) is 7.75. The van der Waals surface area contributed by atoms with Crippen molar-refractivity contribution < 1.29 is 0 Å². The summed E-state index contributed by atoms with van der Waals surface area (Å²) in [6.07, 6.45) is 3.62. The molecule has 3 rings (SSSR count). The van der Waals surface area contributed by atoms with Crippen LogP contribution in [0.1, 0.15) is 30.9 Å². The van der Waals surface area contributed by atoms with Crippen LogP contribution < -0.4 is 10.6 Å². The first-order valence-electron chi connectivity index (χ1n) is 8.55. The van der Waals surface area contributed by atoms with Crippen molar-refractivity contribution in [3.05, 3.63) is 76.0 Å². The quantitative estimate of drug-likeness (QED) is 0.486. The van der Waals surface area contributed by atoms with E-state index >= 15 is 0 Å². The monoisotopic (exact) mass is 418 g/mol. The zero-order valence-electron chi connectivity index (χ0n) is 15.0. The van der Waals surface area contributed by atoms with Crippen molar-refractivity contribution in [1.29, 1.82) is 0 Å². The Morgan fingerprint density at radius 1 is 1.04 bits per heavy atom. The number of nitrogens with one attached hydrogen (secondary N) is 2. The first-order chi connectivity index (χ1) is 12.9. The molecule has 7 heteroatoms. The standard InChI is InChI=1S/C20H20Cl2N4S/c1-13(2)15-4-6-16(7-5-15)24-20(27)25-17-10-23-26(12-17)11-14-3-8-18(21)19(22)9-14/h3-10,12-13H,11H2,1-2H3,(H2,24,25,27). The molecule has 0 atom stereocenters. The summed E-state index contributed by atoms with van der Waals surface area (Å²) >= 11 is 17.4. The van der Waals surface area contributed by atoms with Crippen molar-refractivity contribution in [2.24, 2.45) is 0 Å². The van der Waals surface area contributed by atoms with E-state index in [-0.39, 0.29) is 0 Å². The van der Waals surface area contributed by atoms with E-state index in [2.05, 4.69) is 41.7 Å². The van der Waals surface area contributed by atoms with Crippen LogP contribution in [0, 0.1) is 0 Å². The molecule has 0 spiro atoms. The summed E-state index contributed by atoms with van der Waals surface area (Å²) < 4.78 is 1.81. The van der Waals surface area contributed by atoms with E-state index in [1.54, 1.807) is 12.3 Å². The van der Waals surface area contributed by atoms with Gasteiger partial charge in [0.05, 0.1) is 28.5 Å². The molecular formula is C20H20Cl2N4S. The lowest BCUT2D eigenvalue weighted by molar-refractivity contribution is 0.687. The van der Waals surface area contributed by atoms with Gasteiger partial charge in [0.25, 0.3) is 0 Å². The SMILES string of the molecule is CC(C)c1ccc(NC(=S)Nc2cnn(Cc3ccc(Cl)c(Cl)c3)c2)cc1. The fourth-order valence-electron chi connectivity index (χ4n) is 2.58. The van der Waals surface area contributed by atoms with Gasteiger partial charge in [-0.3, -0.25) is 4.68 Å². The Hall–Kier alpha value is -2.08. The van der Waals surface area contributed by atoms with Crippen LogP contribution >= 0.6 is 35.4 Å². The Kier molecular flexibility index (Phi) is 6.37. The topological polar surface area (TPSA) is 41.9 Å². The maximum Gasteiger partial charge on any atom is 0.175 e. The summed E-state index contributed by atoms with van der Waals surface area (Å²) in [6, 6.07) is 13.8. The number of rotatable bonds is 5. The normalized spacial score (nSPS) is 10.9. The van der Waals surface area contributed by atoms with Gasteiger partial charge in [-0.1, -0.05) is 55.2 Å². The van der Waals surface area contributed by atoms with Gasteiger partial charge in [0.15, 0.2) is 5.11 Å². The summed E-state index contributed by atoms with van der Waals surface area (Å²) in [5.41, 5.74) is 4.07. The van der Waals surface area contributed by atoms with Gasteiger partial charge in [0.2, 0.25) is 0 Å². The smallest absolute Gasteiger partial charge is 0.175 e. The largest absolute Gasteiger partial charge is 0.332 e. The predicted octanol–water partition coefficient (Wildman–Crippen LogP) is 6.17. The number of anilines is 2. The second kappa shape index (κ2) is 8.74. The highest BCUT2D eigenvalue weighted by atomic mass is 35.5. The van der Waals surface area contributed by atoms with Crippen molar-refractivity contribution in [2.45, 2.75) is 26.3 Å². The van der Waals surface area contributed by atoms with Gasteiger partial charge < -0.3 is 10.6 Å². The molecule has 0 saturated heterocycles. The molecule has 1 heterocycles. The fraction of sp³-hybridized carbons (Fsp3) is 0.200. The van der Waals surface area contributed by atoms with Crippen molar-refractivity contribution in [1.82, 2.24) is 9.78 Å². The van der Waals surface area contributed by atoms with Gasteiger partial charge in [-0.2, -0.15) is 5.10 Å². The second-order valence-electron chi connectivity index (χ2n) is 6.53. The van der Waals surface area contributed by atoms with E-state index in [0.717, 1.165) is 16.9 Å². The Balaban J connectivity index is 1.58. The zero-order chi connectivity index (χ0) is 19.4. The molecule has 27 heavy (non-hydrogen) atoms. The van der Waals surface area contributed by atoms with Crippen LogP contribution in [0.3, 0.4) is 0 Å². The number of thiocarbonyl (C=S) groups is 1. The minimum atomic E-state index is 0.505. The average Bonchev–Trinajstić information content (AvgIpc) is 3.05. The van der Waals surface area contributed by atoms with Gasteiger partial charge in [0, 0.05) is 11.9 Å². The maximum absolute atomic E-state index is 6.06. The Morgan fingerprint density at radius 2 is 1.74 bits per heavy atom. The van der Waals surface area contributed by atoms with E-state index in [1.807, 2.05) is 35.1 Å². The number of hydrogen-bond acceptors (Lipinski definition) is 2. The molecule has 3 aromatic rings. The van der Waals surface area contributed by atoms with E-state index in [1.165, 1.54) is 5.56 Å². The molecule has 0 aliphatic carbocycles. The lowest BCUT2D eigenvalue weighted by Crippen LogP contribution is -2.18. The lowest BCUT2D eigenvalue weighted by Gasteiger charge is -2.10. The van der Waals surface area contributed by atoms with E-state index in [9.17, 15) is 0 Å². The van der Waals surface area contributed by atoms with Gasteiger partial charge in [0.1, 0.15) is 0 Å². The molecule has 0 amide bonds. The molecule has 0 unspecified atom stereocenters. The summed E-state index contributed by atoms with van der Waals surface area (Å²) in [6.45, 7) is 4.93. The number of halogens is 2. The summed E-state index contributed by atoms with van der Waals surface area (Å²) in [5, 5.41) is 12.3. The molecule has 2 N–H and O–H groups in total. The van der Waals surface area contributed by atoms with Crippen molar-refractivity contribution in [3.8, 4) is 0 Å². The molecule has 0 aliphatic heterocycles. The van der Waals surface area contributed by atoms with E-state index < -0.39 is 0 Å². The minimum absolute atomic E-state index is 0.505. The van der Waals surface area contributed by atoms with Crippen LogP contribution in [0.2, 0.25) is 10.0 Å². The van der Waals surface area contributed by atoms with Gasteiger partial charge >= 0.3 is 0 Å². The van der Waals surface area contributed by atoms with Gasteiger partial charge in [-0.05, 0) is 53.5 Å². The fourth-order valence-corrected chi connectivity index (χ4v) is 3.14. The van der Waals surface area contributed by atoms with E-state index in [0.29, 0.717) is 27.6 Å². The van der Waals surface area contributed by atoms with E-state index in [4.69, 9.17) is 35.4 Å². The third kappa shape index (κ3) is 5.45. The predicted molar refractivity (Wildman–Crippen MR) is 118 cm³/mol. The highest BCUT2D eigenvalue weighted by molar-refractivity contribution is 7.80. The third-order valence-electron chi connectivity index (χ3n) is 4.05. The number of hydrogen-bond donors (Lipinski definition) is 2.